The molecule has 14 aromatic rings. The lowest BCUT2D eigenvalue weighted by Gasteiger charge is -2.18. The van der Waals surface area contributed by atoms with E-state index in [1.54, 1.807) is 0 Å². The van der Waals surface area contributed by atoms with Crippen molar-refractivity contribution in [2.45, 2.75) is 0 Å². The van der Waals surface area contributed by atoms with Crippen LogP contribution in [0.4, 0.5) is 0 Å². The molecule has 0 radical (unpaired) electrons. The van der Waals surface area contributed by atoms with E-state index in [2.05, 4.69) is 217 Å². The van der Waals surface area contributed by atoms with Crippen LogP contribution in [0.1, 0.15) is 0 Å². The number of aromatic nitrogens is 4. The summed E-state index contributed by atoms with van der Waals surface area (Å²) in [6.45, 7) is 0. The van der Waals surface area contributed by atoms with E-state index in [0.29, 0.717) is 17.5 Å². The Bertz CT molecular complexity index is 4340. The Hall–Kier alpha value is -9.45. The monoisotopic (exact) mass is 892 g/mol. The summed E-state index contributed by atoms with van der Waals surface area (Å²) in [6, 6.07) is 85.9. The van der Waals surface area contributed by atoms with E-state index >= 15 is 0 Å². The molecule has 5 heteroatoms. The first-order valence-electron chi connectivity index (χ1n) is 23.7. The van der Waals surface area contributed by atoms with Gasteiger partial charge in [-0.3, -0.25) is 0 Å². The zero-order valence-electron chi connectivity index (χ0n) is 37.8. The highest BCUT2D eigenvalue weighted by molar-refractivity contribution is 6.22. The summed E-state index contributed by atoms with van der Waals surface area (Å²) in [6.07, 6.45) is 0. The first-order valence-corrected chi connectivity index (χ1v) is 23.7. The van der Waals surface area contributed by atoms with Gasteiger partial charge in [-0.25, -0.2) is 15.0 Å². The highest BCUT2D eigenvalue weighted by atomic mass is 16.3. The van der Waals surface area contributed by atoms with E-state index in [1.165, 1.54) is 32.7 Å². The SMILES string of the molecule is c1ccc(-c2ccc(-c3cccc(-c4nc(-c5ccccc5)nc(-c5ccc(-n6c7ccccc7c7cc8ccccc8cc76)c(-c6c7ccccc7cc7oc8ccccc8c67)c5)n4)c3)cc2)cc1. The fourth-order valence-electron chi connectivity index (χ4n) is 10.5. The zero-order chi connectivity index (χ0) is 46.1. The van der Waals surface area contributed by atoms with E-state index in [9.17, 15) is 0 Å². The van der Waals surface area contributed by atoms with Crippen LogP contribution >= 0.6 is 0 Å². The van der Waals surface area contributed by atoms with Gasteiger partial charge in [0.15, 0.2) is 17.5 Å². The number of nitrogens with zero attached hydrogens (tertiary/aromatic N) is 4. The first kappa shape index (κ1) is 39.7. The third-order valence-electron chi connectivity index (χ3n) is 13.8. The molecule has 5 nitrogen and oxygen atoms in total. The molecule has 14 rings (SSSR count). The molecule has 0 atom stereocenters. The molecule has 326 valence electrons. The van der Waals surface area contributed by atoms with Gasteiger partial charge in [-0.15, -0.1) is 0 Å². The van der Waals surface area contributed by atoms with Crippen molar-refractivity contribution in [2.75, 3.05) is 0 Å². The molecule has 0 spiro atoms. The quantitative estimate of drug-likeness (QED) is 0.160. The number of hydrogen-bond acceptors (Lipinski definition) is 4. The molecular weight excluding hydrogens is 853 g/mol. The van der Waals surface area contributed by atoms with Crippen molar-refractivity contribution >= 4 is 65.3 Å². The van der Waals surface area contributed by atoms with E-state index in [0.717, 1.165) is 88.4 Å². The molecule has 70 heavy (non-hydrogen) atoms. The lowest BCUT2D eigenvalue weighted by atomic mass is 9.91. The Morgan fingerprint density at radius 2 is 0.829 bits per heavy atom. The van der Waals surface area contributed by atoms with Gasteiger partial charge in [0.1, 0.15) is 11.2 Å². The molecule has 0 saturated carbocycles. The molecule has 0 N–H and O–H groups in total. The van der Waals surface area contributed by atoms with Crippen LogP contribution in [0.25, 0.3) is 139 Å². The first-order chi connectivity index (χ1) is 34.7. The maximum atomic E-state index is 6.71. The molecule has 3 aromatic heterocycles. The zero-order valence-corrected chi connectivity index (χ0v) is 37.8. The van der Waals surface area contributed by atoms with Gasteiger partial charge in [0.2, 0.25) is 0 Å². The van der Waals surface area contributed by atoms with Crippen molar-refractivity contribution in [2.24, 2.45) is 0 Å². The predicted octanol–water partition coefficient (Wildman–Crippen LogP) is 17.2. The molecule has 0 aliphatic rings. The van der Waals surface area contributed by atoms with Gasteiger partial charge in [-0.1, -0.05) is 188 Å². The molecule has 0 amide bonds. The highest BCUT2D eigenvalue weighted by Gasteiger charge is 2.24. The smallest absolute Gasteiger partial charge is 0.164 e. The summed E-state index contributed by atoms with van der Waals surface area (Å²) in [5.74, 6) is 1.78. The minimum absolute atomic E-state index is 0.580. The number of furan rings is 1. The van der Waals surface area contributed by atoms with E-state index < -0.39 is 0 Å². The average molecular weight is 893 g/mol. The third kappa shape index (κ3) is 6.59. The van der Waals surface area contributed by atoms with Crippen LogP contribution < -0.4 is 0 Å². The Morgan fingerprint density at radius 3 is 1.59 bits per heavy atom. The van der Waals surface area contributed by atoms with Crippen molar-refractivity contribution in [1.29, 1.82) is 0 Å². The van der Waals surface area contributed by atoms with Gasteiger partial charge in [-0.2, -0.15) is 0 Å². The molecule has 11 aromatic carbocycles. The van der Waals surface area contributed by atoms with Crippen LogP contribution in [0.2, 0.25) is 0 Å². The van der Waals surface area contributed by atoms with Crippen LogP contribution in [-0.2, 0) is 0 Å². The average Bonchev–Trinajstić information content (AvgIpc) is 3.97. The largest absolute Gasteiger partial charge is 0.456 e. The fourth-order valence-corrected chi connectivity index (χ4v) is 10.5. The minimum atomic E-state index is 0.580. The number of benzene rings is 11. The highest BCUT2D eigenvalue weighted by Crippen LogP contribution is 2.46. The predicted molar refractivity (Wildman–Crippen MR) is 289 cm³/mol. The Balaban J connectivity index is 1.03. The van der Waals surface area contributed by atoms with Gasteiger partial charge >= 0.3 is 0 Å². The van der Waals surface area contributed by atoms with E-state index in [-0.39, 0.29) is 0 Å². The van der Waals surface area contributed by atoms with Crippen LogP contribution in [0.15, 0.2) is 247 Å². The summed E-state index contributed by atoms with van der Waals surface area (Å²) in [7, 11) is 0. The fraction of sp³-hybridized carbons (Fsp3) is 0. The van der Waals surface area contributed by atoms with Crippen molar-refractivity contribution in [1.82, 2.24) is 19.5 Å². The Kier molecular flexibility index (Phi) is 9.14. The lowest BCUT2D eigenvalue weighted by Crippen LogP contribution is -2.02. The normalized spacial score (nSPS) is 11.7. The second kappa shape index (κ2) is 16.1. The second-order valence-electron chi connectivity index (χ2n) is 17.9. The van der Waals surface area contributed by atoms with Crippen LogP contribution in [0.3, 0.4) is 0 Å². The van der Waals surface area contributed by atoms with Crippen molar-refractivity contribution in [3.05, 3.63) is 243 Å². The van der Waals surface area contributed by atoms with Gasteiger partial charge in [0, 0.05) is 49.4 Å². The second-order valence-corrected chi connectivity index (χ2v) is 17.9. The van der Waals surface area contributed by atoms with Crippen LogP contribution in [0, 0.1) is 0 Å². The van der Waals surface area contributed by atoms with Crippen molar-refractivity contribution in [3.8, 4) is 73.2 Å². The summed E-state index contributed by atoms with van der Waals surface area (Å²) in [5.41, 5.74) is 14.3. The van der Waals surface area contributed by atoms with Gasteiger partial charge in [0.25, 0.3) is 0 Å². The molecule has 0 aliphatic heterocycles. The molecule has 0 saturated heterocycles. The topological polar surface area (TPSA) is 56.7 Å². The number of para-hydroxylation sites is 2. The van der Waals surface area contributed by atoms with E-state index in [1.807, 2.05) is 30.3 Å². The standard InChI is InChI=1S/C65H40N4O/c1-3-16-41(17-4-1)42-30-32-43(33-31-42)45-23-15-24-49(36-45)64-66-63(44-18-5-2-6-19-44)67-65(68-64)50-34-35-57(69-56-28-13-11-26-52(56)54-37-46-20-7-8-21-47(46)39-58(54)69)55(38-50)61-51-25-10-9-22-48(51)40-60-62(61)53-27-12-14-29-59(53)70-60/h1-40H. The van der Waals surface area contributed by atoms with Crippen LogP contribution in [-0.4, -0.2) is 19.5 Å². The summed E-state index contributed by atoms with van der Waals surface area (Å²) >= 11 is 0. The minimum Gasteiger partial charge on any atom is -0.456 e. The Morgan fingerprint density at radius 1 is 0.300 bits per heavy atom. The van der Waals surface area contributed by atoms with Crippen molar-refractivity contribution < 1.29 is 4.42 Å². The molecule has 0 fully saturated rings. The third-order valence-corrected chi connectivity index (χ3v) is 13.8. The van der Waals surface area contributed by atoms with Gasteiger partial charge in [-0.05, 0) is 98.4 Å². The maximum absolute atomic E-state index is 6.71. The van der Waals surface area contributed by atoms with Gasteiger partial charge in [0.05, 0.1) is 16.7 Å². The lowest BCUT2D eigenvalue weighted by molar-refractivity contribution is 0.669. The maximum Gasteiger partial charge on any atom is 0.164 e. The molecule has 0 aliphatic carbocycles. The molecule has 3 heterocycles. The van der Waals surface area contributed by atoms with Crippen LogP contribution in [0.5, 0.6) is 0 Å². The number of rotatable bonds is 7. The summed E-state index contributed by atoms with van der Waals surface area (Å²) in [5, 5.41) is 9.13. The van der Waals surface area contributed by atoms with E-state index in [4.69, 9.17) is 19.4 Å². The number of fused-ring (bicyclic) bond motifs is 8. The van der Waals surface area contributed by atoms with Gasteiger partial charge < -0.3 is 8.98 Å². The van der Waals surface area contributed by atoms with Crippen molar-refractivity contribution in [3.63, 3.8) is 0 Å². The molecule has 0 bridgehead atoms. The Labute approximate surface area is 403 Å². The number of hydrogen-bond donors (Lipinski definition) is 0. The summed E-state index contributed by atoms with van der Waals surface area (Å²) in [4.78, 5) is 15.9. The molecule has 0 unspecified atom stereocenters. The summed E-state index contributed by atoms with van der Waals surface area (Å²) < 4.78 is 9.16. The molecular formula is C65H40N4O.